The van der Waals surface area contributed by atoms with Crippen LogP contribution in [-0.4, -0.2) is 17.2 Å². The molecule has 1 aromatic rings. The average molecular weight is 316 g/mol. The molecular weight excluding hydrogens is 288 g/mol. The van der Waals surface area contributed by atoms with Gasteiger partial charge in [-0.15, -0.1) is 0 Å². The fourth-order valence-electron chi connectivity index (χ4n) is 3.36. The first-order valence-electron chi connectivity index (χ1n) is 8.43. The Balaban J connectivity index is 2.39. The van der Waals surface area contributed by atoms with E-state index >= 15 is 0 Å². The molecule has 3 nitrogen and oxygen atoms in total. The summed E-state index contributed by atoms with van der Waals surface area (Å²) in [6.07, 6.45) is 2.46. The van der Waals surface area contributed by atoms with Crippen LogP contribution >= 0.6 is 0 Å². The molecular formula is C20H28O3. The standard InChI is InChI=1S/C20H28O3/c1-7-12(4)20(22)23-19-10-15(11(2)3)17-8-13(5)18(21)9-16(17)14(19)6/h7-9,11,14-15,19,21H,10H2,1-6H3/t14-,15-,19+/m0/s1. The highest BCUT2D eigenvalue weighted by molar-refractivity contribution is 5.87. The van der Waals surface area contributed by atoms with E-state index in [1.807, 2.05) is 19.9 Å². The van der Waals surface area contributed by atoms with Crippen molar-refractivity contribution >= 4 is 5.97 Å². The van der Waals surface area contributed by atoms with Crippen molar-refractivity contribution in [2.45, 2.75) is 65.9 Å². The Morgan fingerprint density at radius 1 is 1.35 bits per heavy atom. The quantitative estimate of drug-likeness (QED) is 0.642. The van der Waals surface area contributed by atoms with Gasteiger partial charge in [0.05, 0.1) is 0 Å². The van der Waals surface area contributed by atoms with E-state index in [-0.39, 0.29) is 18.0 Å². The fourth-order valence-corrected chi connectivity index (χ4v) is 3.36. The molecule has 126 valence electrons. The molecule has 0 bridgehead atoms. The van der Waals surface area contributed by atoms with Crippen LogP contribution in [0.4, 0.5) is 0 Å². The van der Waals surface area contributed by atoms with E-state index in [2.05, 4.69) is 26.8 Å². The maximum Gasteiger partial charge on any atom is 0.333 e. The van der Waals surface area contributed by atoms with Crippen molar-refractivity contribution in [3.05, 3.63) is 40.5 Å². The number of hydrogen-bond donors (Lipinski definition) is 1. The van der Waals surface area contributed by atoms with Crippen LogP contribution in [0, 0.1) is 12.8 Å². The normalized spacial score (nSPS) is 24.5. The first-order chi connectivity index (χ1) is 10.8. The summed E-state index contributed by atoms with van der Waals surface area (Å²) in [6, 6.07) is 3.95. The molecule has 3 atom stereocenters. The number of allylic oxidation sites excluding steroid dienone is 1. The van der Waals surface area contributed by atoms with Crippen LogP contribution in [0.5, 0.6) is 5.75 Å². The van der Waals surface area contributed by atoms with Crippen LogP contribution < -0.4 is 0 Å². The molecule has 1 aromatic carbocycles. The number of fused-ring (bicyclic) bond motifs is 1. The van der Waals surface area contributed by atoms with Gasteiger partial charge in [0.15, 0.2) is 0 Å². The van der Waals surface area contributed by atoms with Gasteiger partial charge < -0.3 is 9.84 Å². The second-order valence-corrected chi connectivity index (χ2v) is 7.06. The molecule has 0 fully saturated rings. The Kier molecular flexibility index (Phi) is 5.18. The molecule has 3 heteroatoms. The maximum absolute atomic E-state index is 12.2. The van der Waals surface area contributed by atoms with Crippen molar-refractivity contribution in [3.63, 3.8) is 0 Å². The number of carbonyl (C=O) groups is 1. The van der Waals surface area contributed by atoms with Gasteiger partial charge in [-0.3, -0.25) is 0 Å². The Labute approximate surface area is 139 Å². The van der Waals surface area contributed by atoms with Gasteiger partial charge in [0.1, 0.15) is 11.9 Å². The summed E-state index contributed by atoms with van der Waals surface area (Å²) in [7, 11) is 0. The summed E-state index contributed by atoms with van der Waals surface area (Å²) in [5, 5.41) is 10.1. The third kappa shape index (κ3) is 3.44. The summed E-state index contributed by atoms with van der Waals surface area (Å²) in [4.78, 5) is 12.2. The summed E-state index contributed by atoms with van der Waals surface area (Å²) in [5.41, 5.74) is 3.93. The second-order valence-electron chi connectivity index (χ2n) is 7.06. The van der Waals surface area contributed by atoms with Crippen molar-refractivity contribution in [2.75, 3.05) is 0 Å². The number of hydrogen-bond acceptors (Lipinski definition) is 3. The summed E-state index contributed by atoms with van der Waals surface area (Å²) in [5.74, 6) is 0.944. The van der Waals surface area contributed by atoms with E-state index in [0.717, 1.165) is 17.5 Å². The Morgan fingerprint density at radius 2 is 2.00 bits per heavy atom. The number of rotatable bonds is 3. The molecule has 1 N–H and O–H groups in total. The molecule has 0 spiro atoms. The van der Waals surface area contributed by atoms with Crippen LogP contribution in [0.25, 0.3) is 0 Å². The van der Waals surface area contributed by atoms with E-state index < -0.39 is 0 Å². The summed E-state index contributed by atoms with van der Waals surface area (Å²) < 4.78 is 5.77. The van der Waals surface area contributed by atoms with Crippen LogP contribution in [0.3, 0.4) is 0 Å². The van der Waals surface area contributed by atoms with Gasteiger partial charge in [-0.1, -0.05) is 32.9 Å². The molecule has 0 aliphatic heterocycles. The number of phenolic OH excluding ortho intramolecular Hbond substituents is 1. The topological polar surface area (TPSA) is 46.5 Å². The van der Waals surface area contributed by atoms with Gasteiger partial charge in [0.2, 0.25) is 0 Å². The Morgan fingerprint density at radius 3 is 2.57 bits per heavy atom. The molecule has 0 saturated carbocycles. The molecule has 23 heavy (non-hydrogen) atoms. The minimum absolute atomic E-state index is 0.0834. The number of aromatic hydroxyl groups is 1. The Bertz CT molecular complexity index is 628. The number of esters is 1. The predicted octanol–water partition coefficient (Wildman–Crippen LogP) is 4.83. The SMILES string of the molecule is CC=C(C)C(=O)O[C@@H]1C[C@@H](C(C)C)c2cc(C)c(O)cc2[C@@H]1C. The van der Waals surface area contributed by atoms with Crippen molar-refractivity contribution in [2.24, 2.45) is 5.92 Å². The monoisotopic (exact) mass is 316 g/mol. The highest BCUT2D eigenvalue weighted by atomic mass is 16.5. The molecule has 0 aromatic heterocycles. The minimum Gasteiger partial charge on any atom is -0.508 e. The fraction of sp³-hybridized carbons (Fsp3) is 0.550. The molecule has 1 aliphatic carbocycles. The third-order valence-electron chi connectivity index (χ3n) is 5.15. The predicted molar refractivity (Wildman–Crippen MR) is 92.8 cm³/mol. The van der Waals surface area contributed by atoms with Gasteiger partial charge in [0.25, 0.3) is 0 Å². The average Bonchev–Trinajstić information content (AvgIpc) is 2.50. The third-order valence-corrected chi connectivity index (χ3v) is 5.15. The largest absolute Gasteiger partial charge is 0.508 e. The number of phenols is 1. The first kappa shape index (κ1) is 17.6. The van der Waals surface area contributed by atoms with E-state index in [1.165, 1.54) is 5.56 Å². The van der Waals surface area contributed by atoms with Crippen LogP contribution in [0.1, 0.15) is 69.6 Å². The number of carbonyl (C=O) groups excluding carboxylic acids is 1. The van der Waals surface area contributed by atoms with Crippen LogP contribution in [-0.2, 0) is 9.53 Å². The van der Waals surface area contributed by atoms with Gasteiger partial charge in [-0.05, 0) is 61.8 Å². The van der Waals surface area contributed by atoms with Crippen LogP contribution in [0.15, 0.2) is 23.8 Å². The lowest BCUT2D eigenvalue weighted by atomic mass is 9.71. The van der Waals surface area contributed by atoms with E-state index in [9.17, 15) is 9.90 Å². The minimum atomic E-state index is -0.244. The highest BCUT2D eigenvalue weighted by Gasteiger charge is 2.36. The van der Waals surface area contributed by atoms with Gasteiger partial charge in [-0.25, -0.2) is 4.79 Å². The van der Waals surface area contributed by atoms with Gasteiger partial charge >= 0.3 is 5.97 Å². The van der Waals surface area contributed by atoms with E-state index in [0.29, 0.717) is 23.2 Å². The lowest BCUT2D eigenvalue weighted by Gasteiger charge is -2.38. The van der Waals surface area contributed by atoms with E-state index in [1.54, 1.807) is 13.0 Å². The summed E-state index contributed by atoms with van der Waals surface area (Å²) >= 11 is 0. The molecule has 0 amide bonds. The Hall–Kier alpha value is -1.77. The maximum atomic E-state index is 12.2. The number of ether oxygens (including phenoxy) is 1. The van der Waals surface area contributed by atoms with Crippen molar-refractivity contribution in [3.8, 4) is 5.75 Å². The van der Waals surface area contributed by atoms with Crippen molar-refractivity contribution in [1.82, 2.24) is 0 Å². The van der Waals surface area contributed by atoms with Crippen molar-refractivity contribution < 1.29 is 14.6 Å². The van der Waals surface area contributed by atoms with Gasteiger partial charge in [-0.2, -0.15) is 0 Å². The van der Waals surface area contributed by atoms with Crippen molar-refractivity contribution in [1.29, 1.82) is 0 Å². The molecule has 0 unspecified atom stereocenters. The lowest BCUT2D eigenvalue weighted by Crippen LogP contribution is -2.33. The van der Waals surface area contributed by atoms with Gasteiger partial charge in [0, 0.05) is 11.5 Å². The van der Waals surface area contributed by atoms with Crippen LogP contribution in [0.2, 0.25) is 0 Å². The summed E-state index contributed by atoms with van der Waals surface area (Å²) in [6.45, 7) is 12.0. The smallest absolute Gasteiger partial charge is 0.333 e. The molecule has 2 rings (SSSR count). The molecule has 0 saturated heterocycles. The zero-order valence-electron chi connectivity index (χ0n) is 15.0. The van der Waals surface area contributed by atoms with E-state index in [4.69, 9.17) is 4.74 Å². The zero-order chi connectivity index (χ0) is 17.3. The molecule has 0 heterocycles. The number of benzene rings is 1. The second kappa shape index (κ2) is 6.77. The highest BCUT2D eigenvalue weighted by Crippen LogP contribution is 2.45. The first-order valence-corrected chi connectivity index (χ1v) is 8.43. The zero-order valence-corrected chi connectivity index (χ0v) is 15.0. The molecule has 0 radical (unpaired) electrons. The number of aryl methyl sites for hydroxylation is 1. The lowest BCUT2D eigenvalue weighted by molar-refractivity contribution is -0.146. The molecule has 1 aliphatic rings.